The van der Waals surface area contributed by atoms with Crippen molar-refractivity contribution in [2.45, 2.75) is 62.8 Å². The third kappa shape index (κ3) is 2.19. The van der Waals surface area contributed by atoms with Crippen LogP contribution in [0.25, 0.3) is 0 Å². The lowest BCUT2D eigenvalue weighted by Crippen LogP contribution is -2.64. The Kier molecular flexibility index (Phi) is 3.42. The number of alkyl halides is 3. The molecule has 0 amide bonds. The molecule has 2 saturated heterocycles. The summed E-state index contributed by atoms with van der Waals surface area (Å²) in [5.74, 6) is 0. The number of hydrogen-bond donors (Lipinski definition) is 1. The maximum Gasteiger partial charge on any atom is 0.406 e. The van der Waals surface area contributed by atoms with Crippen molar-refractivity contribution in [2.75, 3.05) is 13.6 Å². The van der Waals surface area contributed by atoms with Crippen LogP contribution in [0.4, 0.5) is 13.2 Å². The number of piperidine rings is 1. The van der Waals surface area contributed by atoms with Crippen molar-refractivity contribution in [3.8, 4) is 0 Å². The van der Waals surface area contributed by atoms with Crippen molar-refractivity contribution in [3.05, 3.63) is 0 Å². The van der Waals surface area contributed by atoms with Crippen LogP contribution in [-0.2, 0) is 0 Å². The first-order chi connectivity index (χ1) is 7.89. The Morgan fingerprint density at radius 2 is 1.76 bits per heavy atom. The van der Waals surface area contributed by atoms with E-state index in [1.165, 1.54) is 0 Å². The van der Waals surface area contributed by atoms with Gasteiger partial charge in [0, 0.05) is 12.1 Å². The predicted octanol–water partition coefficient (Wildman–Crippen LogP) is 2.54. The largest absolute Gasteiger partial charge is 0.406 e. The van der Waals surface area contributed by atoms with Gasteiger partial charge < -0.3 is 10.2 Å². The smallest absolute Gasteiger partial charge is 0.304 e. The lowest BCUT2D eigenvalue weighted by Gasteiger charge is -2.46. The van der Waals surface area contributed by atoms with E-state index in [2.05, 4.69) is 10.2 Å². The van der Waals surface area contributed by atoms with Gasteiger partial charge in [0.15, 0.2) is 0 Å². The molecule has 2 aliphatic heterocycles. The van der Waals surface area contributed by atoms with Crippen LogP contribution in [0, 0.1) is 0 Å². The Bertz CT molecular complexity index is 263. The summed E-state index contributed by atoms with van der Waals surface area (Å²) in [7, 11) is 1.96. The molecule has 2 rings (SSSR count). The molecule has 0 aromatic carbocycles. The van der Waals surface area contributed by atoms with Gasteiger partial charge >= 0.3 is 6.18 Å². The van der Waals surface area contributed by atoms with Gasteiger partial charge in [-0.1, -0.05) is 6.92 Å². The van der Waals surface area contributed by atoms with Crippen LogP contribution >= 0.6 is 0 Å². The Labute approximate surface area is 101 Å². The van der Waals surface area contributed by atoms with Crippen molar-refractivity contribution < 1.29 is 13.2 Å². The molecular formula is C12H21F3N2. The fourth-order valence-electron chi connectivity index (χ4n) is 3.31. The van der Waals surface area contributed by atoms with Crippen LogP contribution in [0.15, 0.2) is 0 Å². The van der Waals surface area contributed by atoms with Gasteiger partial charge in [0.25, 0.3) is 0 Å². The SMILES string of the molecule is CCCNC1(C(F)(F)F)CC2CCC(C1)N2C. The summed E-state index contributed by atoms with van der Waals surface area (Å²) >= 11 is 0. The van der Waals surface area contributed by atoms with Crippen LogP contribution in [0.3, 0.4) is 0 Å². The number of rotatable bonds is 3. The standard InChI is InChI=1S/C12H21F3N2/c1-3-6-16-11(12(13,14)15)7-9-4-5-10(8-11)17(9)2/h9-10,16H,3-8H2,1-2H3. The normalized spacial score (nSPS) is 38.6. The lowest BCUT2D eigenvalue weighted by atomic mass is 9.82. The minimum absolute atomic E-state index is 0.0970. The lowest BCUT2D eigenvalue weighted by molar-refractivity contribution is -0.214. The zero-order valence-electron chi connectivity index (χ0n) is 10.5. The maximum atomic E-state index is 13.3. The second kappa shape index (κ2) is 4.43. The molecule has 0 aliphatic carbocycles. The molecule has 1 N–H and O–H groups in total. The molecule has 0 aromatic rings. The first-order valence-corrected chi connectivity index (χ1v) is 6.43. The third-order valence-electron chi connectivity index (χ3n) is 4.41. The topological polar surface area (TPSA) is 15.3 Å². The zero-order valence-corrected chi connectivity index (χ0v) is 10.5. The Morgan fingerprint density at radius 3 is 2.18 bits per heavy atom. The minimum Gasteiger partial charge on any atom is -0.304 e. The molecule has 2 atom stereocenters. The molecular weight excluding hydrogens is 229 g/mol. The third-order valence-corrected chi connectivity index (χ3v) is 4.41. The molecule has 0 aromatic heterocycles. The first kappa shape index (κ1) is 13.1. The van der Waals surface area contributed by atoms with Crippen molar-refractivity contribution in [3.63, 3.8) is 0 Å². The number of hydrogen-bond acceptors (Lipinski definition) is 2. The number of fused-ring (bicyclic) bond motifs is 2. The number of nitrogens with one attached hydrogen (secondary N) is 1. The average molecular weight is 250 g/mol. The first-order valence-electron chi connectivity index (χ1n) is 6.43. The van der Waals surface area contributed by atoms with Crippen molar-refractivity contribution >= 4 is 0 Å². The van der Waals surface area contributed by atoms with Crippen LogP contribution in [0.1, 0.15) is 39.0 Å². The van der Waals surface area contributed by atoms with E-state index in [4.69, 9.17) is 0 Å². The fourth-order valence-corrected chi connectivity index (χ4v) is 3.31. The summed E-state index contributed by atoms with van der Waals surface area (Å²) in [6, 6.07) is 0.194. The molecule has 5 heteroatoms. The molecule has 2 heterocycles. The summed E-state index contributed by atoms with van der Waals surface area (Å²) in [5, 5.41) is 2.79. The van der Waals surface area contributed by atoms with E-state index < -0.39 is 11.7 Å². The van der Waals surface area contributed by atoms with E-state index in [-0.39, 0.29) is 24.9 Å². The van der Waals surface area contributed by atoms with Crippen molar-refractivity contribution in [1.82, 2.24) is 10.2 Å². The molecule has 17 heavy (non-hydrogen) atoms. The molecule has 0 saturated carbocycles. The Morgan fingerprint density at radius 1 is 1.24 bits per heavy atom. The monoisotopic (exact) mass is 250 g/mol. The second-order valence-electron chi connectivity index (χ2n) is 5.47. The molecule has 2 aliphatic rings. The second-order valence-corrected chi connectivity index (χ2v) is 5.47. The van der Waals surface area contributed by atoms with E-state index in [0.717, 1.165) is 19.3 Å². The highest BCUT2D eigenvalue weighted by molar-refractivity contribution is 5.08. The molecule has 0 spiro atoms. The highest BCUT2D eigenvalue weighted by atomic mass is 19.4. The van der Waals surface area contributed by atoms with Gasteiger partial charge in [-0.25, -0.2) is 0 Å². The van der Waals surface area contributed by atoms with Crippen LogP contribution in [0.2, 0.25) is 0 Å². The van der Waals surface area contributed by atoms with E-state index in [1.807, 2.05) is 14.0 Å². The van der Waals surface area contributed by atoms with E-state index in [0.29, 0.717) is 6.54 Å². The molecule has 2 fully saturated rings. The molecule has 2 nitrogen and oxygen atoms in total. The summed E-state index contributed by atoms with van der Waals surface area (Å²) < 4.78 is 40.0. The van der Waals surface area contributed by atoms with Gasteiger partial charge in [-0.15, -0.1) is 0 Å². The number of nitrogens with zero attached hydrogens (tertiary/aromatic N) is 1. The highest BCUT2D eigenvalue weighted by Crippen LogP contribution is 2.47. The van der Waals surface area contributed by atoms with Crippen molar-refractivity contribution in [1.29, 1.82) is 0 Å². The van der Waals surface area contributed by atoms with Crippen molar-refractivity contribution in [2.24, 2.45) is 0 Å². The molecule has 2 unspecified atom stereocenters. The summed E-state index contributed by atoms with van der Waals surface area (Å²) in [4.78, 5) is 2.14. The van der Waals surface area contributed by atoms with Gasteiger partial charge in [-0.3, -0.25) is 0 Å². The van der Waals surface area contributed by atoms with Gasteiger partial charge in [-0.05, 0) is 45.7 Å². The predicted molar refractivity (Wildman–Crippen MR) is 60.9 cm³/mol. The summed E-state index contributed by atoms with van der Waals surface area (Å²) in [6.45, 7) is 2.35. The van der Waals surface area contributed by atoms with E-state index >= 15 is 0 Å². The summed E-state index contributed by atoms with van der Waals surface area (Å²) in [5.41, 5.74) is -1.64. The number of halogens is 3. The zero-order chi connectivity index (χ0) is 12.7. The quantitative estimate of drug-likeness (QED) is 0.828. The van der Waals surface area contributed by atoms with Gasteiger partial charge in [0.05, 0.1) is 0 Å². The molecule has 100 valence electrons. The average Bonchev–Trinajstić information content (AvgIpc) is 2.51. The Hall–Kier alpha value is -0.290. The maximum absolute atomic E-state index is 13.3. The summed E-state index contributed by atoms with van der Waals surface area (Å²) in [6.07, 6.45) is -1.15. The molecule has 0 radical (unpaired) electrons. The van der Waals surface area contributed by atoms with Crippen LogP contribution in [0.5, 0.6) is 0 Å². The van der Waals surface area contributed by atoms with Gasteiger partial charge in [0.2, 0.25) is 0 Å². The van der Waals surface area contributed by atoms with Gasteiger partial charge in [0.1, 0.15) is 5.54 Å². The fraction of sp³-hybridized carbons (Fsp3) is 1.00. The van der Waals surface area contributed by atoms with Gasteiger partial charge in [-0.2, -0.15) is 13.2 Å². The highest BCUT2D eigenvalue weighted by Gasteiger charge is 2.60. The van der Waals surface area contributed by atoms with Crippen LogP contribution in [-0.4, -0.2) is 42.3 Å². The minimum atomic E-state index is -4.13. The van der Waals surface area contributed by atoms with E-state index in [9.17, 15) is 13.2 Å². The van der Waals surface area contributed by atoms with Crippen LogP contribution < -0.4 is 5.32 Å². The Balaban J connectivity index is 2.18. The van der Waals surface area contributed by atoms with E-state index in [1.54, 1.807) is 0 Å². The molecule has 2 bridgehead atoms.